The van der Waals surface area contributed by atoms with E-state index in [0.717, 1.165) is 25.1 Å². The van der Waals surface area contributed by atoms with Gasteiger partial charge in [-0.25, -0.2) is 0 Å². The molecule has 0 unspecified atom stereocenters. The molecule has 0 heterocycles. The number of nitrogens with zero attached hydrogens (tertiary/aromatic N) is 1. The van der Waals surface area contributed by atoms with Crippen molar-refractivity contribution in [1.82, 2.24) is 5.32 Å². The molecule has 0 aliphatic heterocycles. The summed E-state index contributed by atoms with van der Waals surface area (Å²) in [5.74, 6) is 0.370. The molecule has 2 N–H and O–H groups in total. The van der Waals surface area contributed by atoms with Gasteiger partial charge < -0.3 is 15.3 Å². The van der Waals surface area contributed by atoms with Crippen LogP contribution in [0.5, 0.6) is 5.75 Å². The van der Waals surface area contributed by atoms with Crippen molar-refractivity contribution in [2.75, 3.05) is 25.0 Å². The summed E-state index contributed by atoms with van der Waals surface area (Å²) in [5.41, 5.74) is 3.38. The van der Waals surface area contributed by atoms with E-state index < -0.39 is 0 Å². The van der Waals surface area contributed by atoms with Gasteiger partial charge in [0.15, 0.2) is 0 Å². The molecule has 0 saturated heterocycles. The first-order valence-corrected chi connectivity index (χ1v) is 7.42. The normalized spacial score (nSPS) is 10.6. The van der Waals surface area contributed by atoms with Crippen molar-refractivity contribution in [2.45, 2.75) is 19.9 Å². The van der Waals surface area contributed by atoms with Crippen LogP contribution in [0.1, 0.15) is 17.5 Å². The van der Waals surface area contributed by atoms with Crippen molar-refractivity contribution in [3.05, 3.63) is 59.7 Å². The zero-order chi connectivity index (χ0) is 15.1. The summed E-state index contributed by atoms with van der Waals surface area (Å²) < 4.78 is 0. The number of benzene rings is 2. The Morgan fingerprint density at radius 2 is 1.86 bits per heavy atom. The van der Waals surface area contributed by atoms with Crippen LogP contribution >= 0.6 is 0 Å². The van der Waals surface area contributed by atoms with Crippen LogP contribution in [-0.4, -0.2) is 25.2 Å². The summed E-state index contributed by atoms with van der Waals surface area (Å²) in [7, 11) is 2.11. The first-order valence-electron chi connectivity index (χ1n) is 7.42. The molecule has 0 spiro atoms. The quantitative estimate of drug-likeness (QED) is 0.766. The molecule has 3 nitrogen and oxygen atoms in total. The molecule has 2 aromatic carbocycles. The lowest BCUT2D eigenvalue weighted by molar-refractivity contribution is 0.464. The fourth-order valence-corrected chi connectivity index (χ4v) is 2.33. The molecule has 0 aliphatic rings. The molecular weight excluding hydrogens is 260 g/mol. The van der Waals surface area contributed by atoms with E-state index in [9.17, 15) is 5.11 Å². The molecule has 0 atom stereocenters. The number of para-hydroxylation sites is 1. The number of anilines is 1. The average Bonchev–Trinajstić information content (AvgIpc) is 2.51. The van der Waals surface area contributed by atoms with Crippen LogP contribution in [0.3, 0.4) is 0 Å². The number of phenolic OH excluding ortho intramolecular Hbond substituents is 1. The van der Waals surface area contributed by atoms with Gasteiger partial charge in [-0.15, -0.1) is 0 Å². The number of nitrogens with one attached hydrogen (secondary N) is 1. The second kappa shape index (κ2) is 7.70. The minimum atomic E-state index is 0.370. The molecule has 0 bridgehead atoms. The van der Waals surface area contributed by atoms with Crippen LogP contribution in [-0.2, 0) is 6.54 Å². The Labute approximate surface area is 127 Å². The third-order valence-electron chi connectivity index (χ3n) is 3.59. The number of rotatable bonds is 7. The Kier molecular flexibility index (Phi) is 5.64. The number of aryl methyl sites for hydroxylation is 1. The third-order valence-corrected chi connectivity index (χ3v) is 3.59. The van der Waals surface area contributed by atoms with Gasteiger partial charge in [0.1, 0.15) is 5.75 Å². The van der Waals surface area contributed by atoms with E-state index in [-0.39, 0.29) is 0 Å². The molecule has 0 aromatic heterocycles. The standard InChI is InChI=1S/C18H24N2O/c1-15-9-10-18(21)16(13-15)14-19-11-6-12-20(2)17-7-4-3-5-8-17/h3-5,7-10,13,19,21H,6,11-12,14H2,1-2H3. The Bertz CT molecular complexity index is 554. The Morgan fingerprint density at radius 3 is 2.62 bits per heavy atom. The van der Waals surface area contributed by atoms with Gasteiger partial charge in [-0.2, -0.15) is 0 Å². The van der Waals surface area contributed by atoms with Gasteiger partial charge in [-0.1, -0.05) is 35.9 Å². The number of phenols is 1. The van der Waals surface area contributed by atoms with Crippen molar-refractivity contribution >= 4 is 5.69 Å². The summed E-state index contributed by atoms with van der Waals surface area (Å²) in [5, 5.41) is 13.2. The predicted octanol–water partition coefficient (Wildman–Crippen LogP) is 3.32. The summed E-state index contributed by atoms with van der Waals surface area (Å²) in [6.45, 7) is 4.70. The molecule has 0 fully saturated rings. The van der Waals surface area contributed by atoms with E-state index in [1.807, 2.05) is 25.1 Å². The Hall–Kier alpha value is -2.00. The second-order valence-electron chi connectivity index (χ2n) is 5.42. The molecule has 3 heteroatoms. The van der Waals surface area contributed by atoms with Gasteiger partial charge in [0.05, 0.1) is 0 Å². The molecule has 0 aliphatic carbocycles. The highest BCUT2D eigenvalue weighted by molar-refractivity contribution is 5.44. The summed E-state index contributed by atoms with van der Waals surface area (Å²) in [6.07, 6.45) is 1.07. The van der Waals surface area contributed by atoms with E-state index >= 15 is 0 Å². The largest absolute Gasteiger partial charge is 0.508 e. The zero-order valence-corrected chi connectivity index (χ0v) is 12.8. The third kappa shape index (κ3) is 4.80. The van der Waals surface area contributed by atoms with Crippen molar-refractivity contribution in [3.8, 4) is 5.75 Å². The highest BCUT2D eigenvalue weighted by atomic mass is 16.3. The van der Waals surface area contributed by atoms with Crippen molar-refractivity contribution in [3.63, 3.8) is 0 Å². The lowest BCUT2D eigenvalue weighted by Gasteiger charge is -2.19. The Balaban J connectivity index is 1.69. The van der Waals surface area contributed by atoms with Gasteiger partial charge in [-0.3, -0.25) is 0 Å². The van der Waals surface area contributed by atoms with Crippen LogP contribution in [0.15, 0.2) is 48.5 Å². The first kappa shape index (κ1) is 15.4. The predicted molar refractivity (Wildman–Crippen MR) is 88.9 cm³/mol. The monoisotopic (exact) mass is 284 g/mol. The fraction of sp³-hybridized carbons (Fsp3) is 0.333. The maximum Gasteiger partial charge on any atom is 0.120 e. The van der Waals surface area contributed by atoms with Gasteiger partial charge in [-0.05, 0) is 38.1 Å². The Morgan fingerprint density at radius 1 is 1.10 bits per heavy atom. The van der Waals surface area contributed by atoms with Crippen LogP contribution < -0.4 is 10.2 Å². The number of hydrogen-bond acceptors (Lipinski definition) is 3. The highest BCUT2D eigenvalue weighted by Crippen LogP contribution is 2.17. The SMILES string of the molecule is Cc1ccc(O)c(CNCCCN(C)c2ccccc2)c1. The van der Waals surface area contributed by atoms with Crippen LogP contribution in [0.25, 0.3) is 0 Å². The number of hydrogen-bond donors (Lipinski definition) is 2. The van der Waals surface area contributed by atoms with Crippen molar-refractivity contribution in [2.24, 2.45) is 0 Å². The zero-order valence-electron chi connectivity index (χ0n) is 12.8. The lowest BCUT2D eigenvalue weighted by Crippen LogP contribution is -2.23. The summed E-state index contributed by atoms with van der Waals surface area (Å²) >= 11 is 0. The average molecular weight is 284 g/mol. The van der Waals surface area contributed by atoms with Gasteiger partial charge in [0, 0.05) is 31.4 Å². The maximum absolute atomic E-state index is 9.78. The first-order chi connectivity index (χ1) is 10.2. The van der Waals surface area contributed by atoms with Crippen LogP contribution in [0.4, 0.5) is 5.69 Å². The topological polar surface area (TPSA) is 35.5 Å². The molecule has 2 rings (SSSR count). The molecule has 2 aromatic rings. The smallest absolute Gasteiger partial charge is 0.120 e. The van der Waals surface area contributed by atoms with E-state index in [0.29, 0.717) is 12.3 Å². The second-order valence-corrected chi connectivity index (χ2v) is 5.42. The van der Waals surface area contributed by atoms with Gasteiger partial charge in [0.2, 0.25) is 0 Å². The van der Waals surface area contributed by atoms with Crippen LogP contribution in [0.2, 0.25) is 0 Å². The fourth-order valence-electron chi connectivity index (χ4n) is 2.33. The molecule has 0 amide bonds. The minimum absolute atomic E-state index is 0.370. The van der Waals surface area contributed by atoms with Crippen molar-refractivity contribution < 1.29 is 5.11 Å². The maximum atomic E-state index is 9.78. The van der Waals surface area contributed by atoms with E-state index in [2.05, 4.69) is 41.5 Å². The van der Waals surface area contributed by atoms with Gasteiger partial charge in [0.25, 0.3) is 0 Å². The molecular formula is C18H24N2O. The lowest BCUT2D eigenvalue weighted by atomic mass is 10.1. The van der Waals surface area contributed by atoms with E-state index in [1.54, 1.807) is 6.07 Å². The minimum Gasteiger partial charge on any atom is -0.508 e. The van der Waals surface area contributed by atoms with E-state index in [1.165, 1.54) is 11.3 Å². The highest BCUT2D eigenvalue weighted by Gasteiger charge is 2.02. The van der Waals surface area contributed by atoms with Crippen molar-refractivity contribution in [1.29, 1.82) is 0 Å². The summed E-state index contributed by atoms with van der Waals surface area (Å²) in [4.78, 5) is 2.26. The number of aromatic hydroxyl groups is 1. The summed E-state index contributed by atoms with van der Waals surface area (Å²) in [6, 6.07) is 16.1. The van der Waals surface area contributed by atoms with Crippen LogP contribution in [0, 0.1) is 6.92 Å². The van der Waals surface area contributed by atoms with E-state index in [4.69, 9.17) is 0 Å². The molecule has 21 heavy (non-hydrogen) atoms. The molecule has 0 radical (unpaired) electrons. The molecule has 0 saturated carbocycles. The van der Waals surface area contributed by atoms with Gasteiger partial charge >= 0.3 is 0 Å². The molecule has 112 valence electrons.